The number of nitrogens with one attached hydrogen (secondary N) is 1. The molecule has 1 amide bonds. The van der Waals surface area contributed by atoms with Gasteiger partial charge >= 0.3 is 5.97 Å². The number of carbonyl (C=O) groups is 2. The van der Waals surface area contributed by atoms with Crippen LogP contribution in [0.15, 0.2) is 18.2 Å². The van der Waals surface area contributed by atoms with Crippen LogP contribution in [0.25, 0.3) is 0 Å². The van der Waals surface area contributed by atoms with E-state index in [1.54, 1.807) is 0 Å². The van der Waals surface area contributed by atoms with Crippen molar-refractivity contribution in [1.82, 2.24) is 0 Å². The highest BCUT2D eigenvalue weighted by Crippen LogP contribution is 2.26. The predicted molar refractivity (Wildman–Crippen MR) is 78.7 cm³/mol. The van der Waals surface area contributed by atoms with Crippen LogP contribution in [0.3, 0.4) is 0 Å². The van der Waals surface area contributed by atoms with Gasteiger partial charge in [0.1, 0.15) is 5.82 Å². The van der Waals surface area contributed by atoms with E-state index >= 15 is 0 Å². The van der Waals surface area contributed by atoms with E-state index in [4.69, 9.17) is 10.8 Å². The van der Waals surface area contributed by atoms with E-state index in [0.29, 0.717) is 6.42 Å². The molecule has 0 fully saturated rings. The van der Waals surface area contributed by atoms with E-state index in [9.17, 15) is 14.0 Å². The van der Waals surface area contributed by atoms with Crippen LogP contribution < -0.4 is 11.1 Å². The fraction of sp³-hybridized carbons (Fsp3) is 0.467. The molecule has 116 valence electrons. The number of amides is 1. The molecule has 5 nitrogen and oxygen atoms in total. The first-order chi connectivity index (χ1) is 9.60. The Balaban J connectivity index is 3.06. The molecular formula is C15H21FN2O3. The minimum absolute atomic E-state index is 0.118. The summed E-state index contributed by atoms with van der Waals surface area (Å²) in [6, 6.07) is 3.67. The first kappa shape index (κ1) is 16.9. The fourth-order valence-electron chi connectivity index (χ4n) is 2.24. The molecule has 0 aliphatic rings. The summed E-state index contributed by atoms with van der Waals surface area (Å²) in [7, 11) is 0. The van der Waals surface area contributed by atoms with Crippen LogP contribution in [-0.4, -0.2) is 23.0 Å². The van der Waals surface area contributed by atoms with E-state index < -0.39 is 23.7 Å². The van der Waals surface area contributed by atoms with Gasteiger partial charge in [-0.25, -0.2) is 4.39 Å². The second-order valence-corrected chi connectivity index (χ2v) is 6.23. The Labute approximate surface area is 123 Å². The van der Waals surface area contributed by atoms with E-state index in [1.165, 1.54) is 12.1 Å². The number of aliphatic carboxylic acids is 1. The first-order valence-corrected chi connectivity index (χ1v) is 6.67. The molecule has 0 aromatic heterocycles. The summed E-state index contributed by atoms with van der Waals surface area (Å²) in [5.74, 6) is -2.58. The van der Waals surface area contributed by atoms with Crippen molar-refractivity contribution in [3.05, 3.63) is 29.6 Å². The Morgan fingerprint density at radius 2 is 2.00 bits per heavy atom. The monoisotopic (exact) mass is 296 g/mol. The number of carboxylic acids is 1. The van der Waals surface area contributed by atoms with Crippen LogP contribution in [-0.2, 0) is 4.79 Å². The van der Waals surface area contributed by atoms with E-state index in [0.717, 1.165) is 6.07 Å². The van der Waals surface area contributed by atoms with Gasteiger partial charge < -0.3 is 16.2 Å². The third kappa shape index (κ3) is 5.41. The summed E-state index contributed by atoms with van der Waals surface area (Å²) < 4.78 is 13.7. The van der Waals surface area contributed by atoms with Crippen molar-refractivity contribution in [2.24, 2.45) is 11.1 Å². The summed E-state index contributed by atoms with van der Waals surface area (Å²) in [5.41, 5.74) is 5.04. The zero-order valence-electron chi connectivity index (χ0n) is 12.4. The highest BCUT2D eigenvalue weighted by Gasteiger charge is 2.23. The van der Waals surface area contributed by atoms with Crippen molar-refractivity contribution < 1.29 is 19.1 Å². The van der Waals surface area contributed by atoms with E-state index in [1.807, 2.05) is 20.8 Å². The molecule has 4 N–H and O–H groups in total. The average Bonchev–Trinajstić information content (AvgIpc) is 2.24. The van der Waals surface area contributed by atoms with E-state index in [-0.39, 0.29) is 23.1 Å². The minimum atomic E-state index is -0.964. The number of primary amides is 1. The van der Waals surface area contributed by atoms with Gasteiger partial charge in [-0.2, -0.15) is 0 Å². The van der Waals surface area contributed by atoms with Gasteiger partial charge in [0, 0.05) is 6.04 Å². The van der Waals surface area contributed by atoms with Gasteiger partial charge in [0.2, 0.25) is 0 Å². The van der Waals surface area contributed by atoms with E-state index in [2.05, 4.69) is 5.32 Å². The number of anilines is 1. The molecule has 0 heterocycles. The van der Waals surface area contributed by atoms with Crippen molar-refractivity contribution in [2.45, 2.75) is 39.7 Å². The number of rotatable bonds is 6. The molecule has 0 bridgehead atoms. The number of hydrogen-bond donors (Lipinski definition) is 3. The molecular weight excluding hydrogens is 275 g/mol. The van der Waals surface area contributed by atoms with Crippen LogP contribution in [0.1, 0.15) is 44.0 Å². The third-order valence-corrected chi connectivity index (χ3v) is 2.90. The maximum atomic E-state index is 13.7. The molecule has 0 radical (unpaired) electrons. The minimum Gasteiger partial charge on any atom is -0.481 e. The molecule has 0 spiro atoms. The molecule has 0 aliphatic heterocycles. The van der Waals surface area contributed by atoms with Crippen molar-refractivity contribution >= 4 is 17.6 Å². The summed E-state index contributed by atoms with van der Waals surface area (Å²) in [6.07, 6.45) is 0.417. The van der Waals surface area contributed by atoms with Crippen LogP contribution in [0.5, 0.6) is 0 Å². The van der Waals surface area contributed by atoms with Gasteiger partial charge in [0.05, 0.1) is 17.7 Å². The standard InChI is InChI=1S/C15H21FN2O3/c1-15(2,3)8-9(7-12(19)20)18-11-6-4-5-10(16)13(11)14(17)21/h4-6,9,18H,7-8H2,1-3H3,(H2,17,21)(H,19,20). The first-order valence-electron chi connectivity index (χ1n) is 6.67. The highest BCUT2D eigenvalue weighted by atomic mass is 19.1. The molecule has 0 saturated heterocycles. The third-order valence-electron chi connectivity index (χ3n) is 2.90. The Kier molecular flexibility index (Phi) is 5.29. The SMILES string of the molecule is CC(C)(C)CC(CC(=O)O)Nc1cccc(F)c1C(N)=O. The zero-order valence-corrected chi connectivity index (χ0v) is 12.4. The van der Waals surface area contributed by atoms with Gasteiger partial charge in [-0.3, -0.25) is 9.59 Å². The fourth-order valence-corrected chi connectivity index (χ4v) is 2.24. The molecule has 1 aromatic rings. The quantitative estimate of drug-likeness (QED) is 0.752. The predicted octanol–water partition coefficient (Wildman–Crippen LogP) is 2.62. The average molecular weight is 296 g/mol. The van der Waals surface area contributed by atoms with Crippen molar-refractivity contribution in [3.8, 4) is 0 Å². The van der Waals surface area contributed by atoms with Crippen LogP contribution in [0.2, 0.25) is 0 Å². The number of benzene rings is 1. The van der Waals surface area contributed by atoms with Crippen molar-refractivity contribution in [1.29, 1.82) is 0 Å². The van der Waals surface area contributed by atoms with Crippen LogP contribution in [0, 0.1) is 11.2 Å². The second kappa shape index (κ2) is 6.56. The molecule has 21 heavy (non-hydrogen) atoms. The highest BCUT2D eigenvalue weighted by molar-refractivity contribution is 5.98. The Morgan fingerprint density at radius 1 is 1.38 bits per heavy atom. The number of carbonyl (C=O) groups excluding carboxylic acids is 1. The topological polar surface area (TPSA) is 92.4 Å². The molecule has 0 saturated carbocycles. The molecule has 6 heteroatoms. The van der Waals surface area contributed by atoms with Crippen molar-refractivity contribution in [3.63, 3.8) is 0 Å². The summed E-state index contributed by atoms with van der Waals surface area (Å²) >= 11 is 0. The largest absolute Gasteiger partial charge is 0.481 e. The second-order valence-electron chi connectivity index (χ2n) is 6.23. The van der Waals surface area contributed by atoms with Gasteiger partial charge in [0.15, 0.2) is 0 Å². The van der Waals surface area contributed by atoms with Gasteiger partial charge in [-0.05, 0) is 24.0 Å². The smallest absolute Gasteiger partial charge is 0.305 e. The summed E-state index contributed by atoms with van der Waals surface area (Å²) in [6.45, 7) is 5.93. The molecule has 1 aromatic carbocycles. The molecule has 1 atom stereocenters. The number of nitrogens with two attached hydrogens (primary N) is 1. The van der Waals surface area contributed by atoms with Crippen molar-refractivity contribution in [2.75, 3.05) is 5.32 Å². The summed E-state index contributed by atoms with van der Waals surface area (Å²) in [4.78, 5) is 22.3. The maximum Gasteiger partial charge on any atom is 0.305 e. The Hall–Kier alpha value is -2.11. The molecule has 1 unspecified atom stereocenters. The summed E-state index contributed by atoms with van der Waals surface area (Å²) in [5, 5.41) is 11.9. The van der Waals surface area contributed by atoms with Gasteiger partial charge in [-0.1, -0.05) is 26.8 Å². The normalized spacial score (nSPS) is 12.8. The van der Waals surface area contributed by atoms with Crippen LogP contribution >= 0.6 is 0 Å². The Bertz CT molecular complexity index is 538. The lowest BCUT2D eigenvalue weighted by Crippen LogP contribution is -2.29. The number of carboxylic acid groups (broad SMARTS) is 1. The number of hydrogen-bond acceptors (Lipinski definition) is 3. The van der Waals surface area contributed by atoms with Gasteiger partial charge in [0.25, 0.3) is 5.91 Å². The maximum absolute atomic E-state index is 13.7. The zero-order chi connectivity index (χ0) is 16.2. The van der Waals surface area contributed by atoms with Crippen LogP contribution in [0.4, 0.5) is 10.1 Å². The molecule has 0 aliphatic carbocycles. The lowest BCUT2D eigenvalue weighted by Gasteiger charge is -2.27. The number of halogens is 1. The lowest BCUT2D eigenvalue weighted by atomic mass is 9.86. The molecule has 1 rings (SSSR count). The van der Waals surface area contributed by atoms with Gasteiger partial charge in [-0.15, -0.1) is 0 Å². The Morgan fingerprint density at radius 3 is 2.48 bits per heavy atom. The lowest BCUT2D eigenvalue weighted by molar-refractivity contribution is -0.137.